The summed E-state index contributed by atoms with van der Waals surface area (Å²) in [5, 5.41) is 2.18. The molecule has 0 aliphatic rings. The Bertz CT molecular complexity index is 758. The standard InChI is InChI=1S/C16H12F3IN2O2/c17-9-6-11(18)14(12(19)7-9)16(24)22-13(15(21)23)5-8-1-3-10(20)4-2-8/h1-4,6-7,13H,5H2,(H2,21,23)(H,22,24)/t13-/m1/s1. The third kappa shape index (κ3) is 4.47. The van der Waals surface area contributed by atoms with Crippen molar-refractivity contribution in [3.05, 3.63) is 68.5 Å². The molecule has 2 aromatic rings. The van der Waals surface area contributed by atoms with Crippen LogP contribution in [0.3, 0.4) is 0 Å². The number of hydrogen-bond donors (Lipinski definition) is 2. The van der Waals surface area contributed by atoms with Gasteiger partial charge in [-0.15, -0.1) is 0 Å². The summed E-state index contributed by atoms with van der Waals surface area (Å²) in [4.78, 5) is 23.6. The zero-order valence-electron chi connectivity index (χ0n) is 12.2. The first-order valence-electron chi connectivity index (χ1n) is 6.77. The van der Waals surface area contributed by atoms with Crippen molar-refractivity contribution in [2.45, 2.75) is 12.5 Å². The average molecular weight is 448 g/mol. The van der Waals surface area contributed by atoms with Gasteiger partial charge in [0.05, 0.1) is 0 Å². The van der Waals surface area contributed by atoms with Crippen LogP contribution in [0.5, 0.6) is 0 Å². The fraction of sp³-hybridized carbons (Fsp3) is 0.125. The van der Waals surface area contributed by atoms with E-state index in [2.05, 4.69) is 27.9 Å². The van der Waals surface area contributed by atoms with Gasteiger partial charge in [0.2, 0.25) is 5.91 Å². The monoisotopic (exact) mass is 448 g/mol. The maximum atomic E-state index is 13.6. The van der Waals surface area contributed by atoms with Gasteiger partial charge in [0.25, 0.3) is 5.91 Å². The summed E-state index contributed by atoms with van der Waals surface area (Å²) in [6, 6.07) is 6.68. The maximum absolute atomic E-state index is 13.6. The Morgan fingerprint density at radius 2 is 1.62 bits per heavy atom. The molecule has 3 N–H and O–H groups in total. The van der Waals surface area contributed by atoms with Crippen LogP contribution < -0.4 is 11.1 Å². The van der Waals surface area contributed by atoms with Crippen molar-refractivity contribution in [2.75, 3.05) is 0 Å². The Balaban J connectivity index is 2.20. The lowest BCUT2D eigenvalue weighted by Crippen LogP contribution is -2.46. The summed E-state index contributed by atoms with van der Waals surface area (Å²) in [5.74, 6) is -5.90. The van der Waals surface area contributed by atoms with Crippen LogP contribution in [0, 0.1) is 21.0 Å². The van der Waals surface area contributed by atoms with Crippen LogP contribution >= 0.6 is 22.6 Å². The van der Waals surface area contributed by atoms with E-state index in [1.54, 1.807) is 24.3 Å². The van der Waals surface area contributed by atoms with Crippen LogP contribution in [0.4, 0.5) is 13.2 Å². The SMILES string of the molecule is NC(=O)[C@@H](Cc1ccc(I)cc1)NC(=O)c1c(F)cc(F)cc1F. The van der Waals surface area contributed by atoms with Gasteiger partial charge in [-0.05, 0) is 40.3 Å². The van der Waals surface area contributed by atoms with E-state index in [1.165, 1.54) is 0 Å². The first-order valence-corrected chi connectivity index (χ1v) is 7.85. The van der Waals surface area contributed by atoms with E-state index in [-0.39, 0.29) is 6.42 Å². The van der Waals surface area contributed by atoms with E-state index in [0.717, 1.165) is 3.57 Å². The van der Waals surface area contributed by atoms with Gasteiger partial charge in [-0.25, -0.2) is 13.2 Å². The zero-order valence-corrected chi connectivity index (χ0v) is 14.3. The van der Waals surface area contributed by atoms with Crippen LogP contribution in [-0.2, 0) is 11.2 Å². The van der Waals surface area contributed by atoms with E-state index in [4.69, 9.17) is 5.73 Å². The molecule has 0 unspecified atom stereocenters. The van der Waals surface area contributed by atoms with Crippen molar-refractivity contribution in [1.29, 1.82) is 0 Å². The molecule has 2 amide bonds. The Labute approximate surface area is 149 Å². The Hall–Kier alpha value is -2.10. The summed E-state index contributed by atoms with van der Waals surface area (Å²) in [5.41, 5.74) is 4.98. The number of primary amides is 1. The number of nitrogens with one attached hydrogen (secondary N) is 1. The predicted molar refractivity (Wildman–Crippen MR) is 89.6 cm³/mol. The molecular formula is C16H12F3IN2O2. The van der Waals surface area contributed by atoms with Gasteiger partial charge in [0.15, 0.2) is 0 Å². The maximum Gasteiger partial charge on any atom is 0.257 e. The zero-order chi connectivity index (χ0) is 17.9. The average Bonchev–Trinajstić information content (AvgIpc) is 2.47. The minimum Gasteiger partial charge on any atom is -0.368 e. The fourth-order valence-corrected chi connectivity index (χ4v) is 2.43. The molecule has 0 saturated carbocycles. The highest BCUT2D eigenvalue weighted by atomic mass is 127. The minimum absolute atomic E-state index is 0.0580. The van der Waals surface area contributed by atoms with Crippen molar-refractivity contribution < 1.29 is 22.8 Å². The lowest BCUT2D eigenvalue weighted by molar-refractivity contribution is -0.119. The highest BCUT2D eigenvalue weighted by Gasteiger charge is 2.24. The first-order chi connectivity index (χ1) is 11.3. The second-order valence-corrected chi connectivity index (χ2v) is 6.25. The summed E-state index contributed by atoms with van der Waals surface area (Å²) < 4.78 is 41.1. The smallest absolute Gasteiger partial charge is 0.257 e. The van der Waals surface area contributed by atoms with Gasteiger partial charge in [-0.2, -0.15) is 0 Å². The van der Waals surface area contributed by atoms with Crippen LogP contribution in [0.1, 0.15) is 15.9 Å². The van der Waals surface area contributed by atoms with Gasteiger partial charge in [-0.3, -0.25) is 9.59 Å². The lowest BCUT2D eigenvalue weighted by Gasteiger charge is -2.16. The Morgan fingerprint density at radius 1 is 1.08 bits per heavy atom. The quantitative estimate of drug-likeness (QED) is 0.691. The molecule has 0 radical (unpaired) electrons. The molecule has 0 bridgehead atoms. The fourth-order valence-electron chi connectivity index (χ4n) is 2.07. The van der Waals surface area contributed by atoms with Gasteiger partial charge in [-0.1, -0.05) is 12.1 Å². The van der Waals surface area contributed by atoms with Crippen LogP contribution in [0.2, 0.25) is 0 Å². The second kappa shape index (κ2) is 7.65. The number of benzene rings is 2. The van der Waals surface area contributed by atoms with Gasteiger partial charge in [0, 0.05) is 22.1 Å². The molecule has 0 aliphatic heterocycles. The van der Waals surface area contributed by atoms with Gasteiger partial charge < -0.3 is 11.1 Å². The van der Waals surface area contributed by atoms with Gasteiger partial charge in [0.1, 0.15) is 29.1 Å². The van der Waals surface area contributed by atoms with Crippen LogP contribution in [-0.4, -0.2) is 17.9 Å². The largest absolute Gasteiger partial charge is 0.368 e. The molecule has 8 heteroatoms. The molecule has 126 valence electrons. The first kappa shape index (κ1) is 18.2. The lowest BCUT2D eigenvalue weighted by atomic mass is 10.0. The highest BCUT2D eigenvalue weighted by molar-refractivity contribution is 14.1. The molecule has 4 nitrogen and oxygen atoms in total. The minimum atomic E-state index is -1.36. The molecule has 0 heterocycles. The second-order valence-electron chi connectivity index (χ2n) is 5.00. The third-order valence-electron chi connectivity index (χ3n) is 3.24. The van der Waals surface area contributed by atoms with Crippen LogP contribution in [0.15, 0.2) is 36.4 Å². The summed E-state index contributed by atoms with van der Waals surface area (Å²) >= 11 is 2.11. The number of hydrogen-bond acceptors (Lipinski definition) is 2. The topological polar surface area (TPSA) is 72.2 Å². The van der Waals surface area contributed by atoms with Crippen molar-refractivity contribution >= 4 is 34.4 Å². The summed E-state index contributed by atoms with van der Waals surface area (Å²) in [7, 11) is 0. The van der Waals surface area contributed by atoms with Crippen molar-refractivity contribution in [3.63, 3.8) is 0 Å². The molecular weight excluding hydrogens is 436 g/mol. The number of amides is 2. The molecule has 0 spiro atoms. The molecule has 1 atom stereocenters. The molecule has 0 fully saturated rings. The number of rotatable bonds is 5. The predicted octanol–water partition coefficient (Wildman–Crippen LogP) is 2.53. The normalized spacial score (nSPS) is 11.8. The highest BCUT2D eigenvalue weighted by Crippen LogP contribution is 2.15. The van der Waals surface area contributed by atoms with E-state index in [1.807, 2.05) is 0 Å². The van der Waals surface area contributed by atoms with E-state index in [9.17, 15) is 22.8 Å². The van der Waals surface area contributed by atoms with Crippen molar-refractivity contribution in [1.82, 2.24) is 5.32 Å². The van der Waals surface area contributed by atoms with Crippen molar-refractivity contribution in [2.24, 2.45) is 5.73 Å². The molecule has 0 aliphatic carbocycles. The van der Waals surface area contributed by atoms with E-state index < -0.39 is 40.9 Å². The number of halogens is 4. The van der Waals surface area contributed by atoms with E-state index in [0.29, 0.717) is 17.7 Å². The van der Waals surface area contributed by atoms with E-state index >= 15 is 0 Å². The number of nitrogens with two attached hydrogens (primary N) is 1. The molecule has 2 aromatic carbocycles. The third-order valence-corrected chi connectivity index (χ3v) is 3.95. The number of carbonyl (C=O) groups is 2. The molecule has 2 rings (SSSR count). The number of carbonyl (C=O) groups excluding carboxylic acids is 2. The van der Waals surface area contributed by atoms with Gasteiger partial charge >= 0.3 is 0 Å². The molecule has 0 aromatic heterocycles. The summed E-state index contributed by atoms with van der Waals surface area (Å²) in [6.07, 6.45) is 0.0580. The Morgan fingerprint density at radius 3 is 2.12 bits per heavy atom. The molecule has 0 saturated heterocycles. The van der Waals surface area contributed by atoms with Crippen LogP contribution in [0.25, 0.3) is 0 Å². The van der Waals surface area contributed by atoms with Crippen molar-refractivity contribution in [3.8, 4) is 0 Å². The molecule has 24 heavy (non-hydrogen) atoms. The summed E-state index contributed by atoms with van der Waals surface area (Å²) in [6.45, 7) is 0. The Kier molecular flexibility index (Phi) is 5.81.